The molecule has 0 atom stereocenters. The van der Waals surface area contributed by atoms with Crippen LogP contribution in [0.5, 0.6) is 17.2 Å². The maximum atomic E-state index is 7.94. The Morgan fingerprint density at radius 3 is 1.53 bits per heavy atom. The van der Waals surface area contributed by atoms with E-state index in [4.69, 9.17) is 32.9 Å². The average Bonchev–Trinajstić information content (AvgIpc) is 2.95. The van der Waals surface area contributed by atoms with Crippen molar-refractivity contribution in [1.82, 2.24) is 4.98 Å². The van der Waals surface area contributed by atoms with Crippen LogP contribution >= 0.6 is 61.1 Å². The van der Waals surface area contributed by atoms with Crippen molar-refractivity contribution in [3.05, 3.63) is 42.2 Å². The molecule has 2 rings (SSSR count). The Balaban J connectivity index is 0.000000797. The quantitative estimate of drug-likeness (QED) is 0.0765. The molecule has 1 aromatic heterocycles. The van der Waals surface area contributed by atoms with Gasteiger partial charge in [-0.2, -0.15) is 0 Å². The van der Waals surface area contributed by atoms with Gasteiger partial charge in [0.25, 0.3) is 0 Å². The number of nitrogens with zero attached hydrogens (tertiary/aromatic N) is 1. The number of hydrogen-bond donors (Lipinski definition) is 1. The van der Waals surface area contributed by atoms with Crippen molar-refractivity contribution in [3.63, 3.8) is 0 Å². The number of aliphatic hydroxyl groups excluding tert-OH is 1. The van der Waals surface area contributed by atoms with Gasteiger partial charge >= 0.3 is 0 Å². The lowest BCUT2D eigenvalue weighted by molar-refractivity contribution is 0.135. The first kappa shape index (κ1) is 46.9. The van der Waals surface area contributed by atoms with Gasteiger partial charge in [0.05, 0.1) is 33.0 Å². The normalized spacial score (nSPS) is 12.0. The van der Waals surface area contributed by atoms with Gasteiger partial charge in [0.1, 0.15) is 28.1 Å². The van der Waals surface area contributed by atoms with Crippen LogP contribution in [-0.2, 0) is 18.3 Å². The highest BCUT2D eigenvalue weighted by molar-refractivity contribution is 14.1. The maximum Gasteiger partial charge on any atom is 0.192 e. The molecule has 0 radical (unpaired) electrons. The molecule has 0 saturated heterocycles. The second-order valence-corrected chi connectivity index (χ2v) is 26.2. The fourth-order valence-electron chi connectivity index (χ4n) is 2.88. The lowest BCUT2D eigenvalue weighted by atomic mass is 10.2. The summed E-state index contributed by atoms with van der Waals surface area (Å²) in [6.45, 7) is 26.3. The molecule has 0 spiro atoms. The van der Waals surface area contributed by atoms with Gasteiger partial charge in [0, 0.05) is 17.8 Å². The summed E-state index contributed by atoms with van der Waals surface area (Å²) in [7, 11) is -0.182. The Kier molecular flexibility index (Phi) is 23.4. The SMILES string of the molecule is CC(C)(C)[Si](C)(C)OCCOc1ccc(I)nc1Br.COCCO.COCCOc1cc(I)ccc1OCCO[Si](C)(C)C(C)(C)C. The minimum Gasteiger partial charge on any atom is -0.488 e. The van der Waals surface area contributed by atoms with Crippen LogP contribution in [0.1, 0.15) is 41.5 Å². The van der Waals surface area contributed by atoms with Crippen molar-refractivity contribution in [1.29, 1.82) is 0 Å². The third kappa shape index (κ3) is 19.8. The summed E-state index contributed by atoms with van der Waals surface area (Å²) in [5.74, 6) is 2.26. The molecule has 0 bridgehead atoms. The second-order valence-electron chi connectivity index (χ2n) is 13.5. The minimum atomic E-state index is -1.72. The fraction of sp³-hybridized carbons (Fsp3) is 0.667. The van der Waals surface area contributed by atoms with Gasteiger partial charge in [0.2, 0.25) is 0 Å². The first-order chi connectivity index (χ1) is 21.7. The van der Waals surface area contributed by atoms with Gasteiger partial charge in [-0.3, -0.25) is 0 Å². The molecule has 14 heteroatoms. The highest BCUT2D eigenvalue weighted by atomic mass is 127. The number of halogens is 3. The predicted molar refractivity (Wildman–Crippen MR) is 217 cm³/mol. The number of benzene rings is 1. The molecular formula is C33H58BrI2NO8Si2. The number of hydrogen-bond acceptors (Lipinski definition) is 9. The number of aromatic nitrogens is 1. The van der Waals surface area contributed by atoms with Crippen LogP contribution < -0.4 is 14.2 Å². The van der Waals surface area contributed by atoms with Crippen LogP contribution in [-0.4, -0.2) is 93.8 Å². The van der Waals surface area contributed by atoms with Crippen molar-refractivity contribution in [2.75, 3.05) is 67.1 Å². The van der Waals surface area contributed by atoms with Crippen LogP contribution in [0.3, 0.4) is 0 Å². The van der Waals surface area contributed by atoms with E-state index in [1.165, 1.54) is 0 Å². The summed E-state index contributed by atoms with van der Waals surface area (Å²) < 4.78 is 41.7. The van der Waals surface area contributed by atoms with Gasteiger partial charge in [-0.15, -0.1) is 0 Å². The molecule has 1 aromatic carbocycles. The summed E-state index contributed by atoms with van der Waals surface area (Å²) in [5, 5.41) is 8.39. The van der Waals surface area contributed by atoms with E-state index in [0.717, 1.165) is 29.1 Å². The van der Waals surface area contributed by atoms with E-state index in [1.807, 2.05) is 30.3 Å². The van der Waals surface area contributed by atoms with Crippen LogP contribution in [0.2, 0.25) is 36.3 Å². The zero-order valence-electron chi connectivity index (χ0n) is 30.4. The molecule has 0 fully saturated rings. The Hall–Kier alpha value is -0.0562. The number of aliphatic hydroxyl groups is 1. The van der Waals surface area contributed by atoms with E-state index in [9.17, 15) is 0 Å². The Morgan fingerprint density at radius 2 is 1.11 bits per heavy atom. The van der Waals surface area contributed by atoms with Crippen molar-refractivity contribution in [3.8, 4) is 17.2 Å². The van der Waals surface area contributed by atoms with Crippen molar-refractivity contribution < 1.29 is 37.6 Å². The van der Waals surface area contributed by atoms with Crippen molar-refractivity contribution in [2.45, 2.75) is 77.8 Å². The maximum absolute atomic E-state index is 7.94. The first-order valence-electron chi connectivity index (χ1n) is 15.6. The Labute approximate surface area is 322 Å². The zero-order valence-corrected chi connectivity index (χ0v) is 38.3. The molecule has 0 aliphatic carbocycles. The average molecular weight is 987 g/mol. The molecule has 9 nitrogen and oxygen atoms in total. The second kappa shape index (κ2) is 23.4. The Morgan fingerprint density at radius 1 is 0.660 bits per heavy atom. The van der Waals surface area contributed by atoms with Gasteiger partial charge in [-0.05, 0) is 128 Å². The van der Waals surface area contributed by atoms with E-state index in [1.54, 1.807) is 14.2 Å². The molecule has 272 valence electrons. The van der Waals surface area contributed by atoms with Crippen LogP contribution in [0.4, 0.5) is 0 Å². The fourth-order valence-corrected chi connectivity index (χ4v) is 6.58. The summed E-state index contributed by atoms with van der Waals surface area (Å²) >= 11 is 7.83. The van der Waals surface area contributed by atoms with Gasteiger partial charge in [-0.1, -0.05) is 41.5 Å². The lowest BCUT2D eigenvalue weighted by Gasteiger charge is -2.36. The highest BCUT2D eigenvalue weighted by Gasteiger charge is 2.37. The van der Waals surface area contributed by atoms with Crippen LogP contribution in [0.15, 0.2) is 34.9 Å². The van der Waals surface area contributed by atoms with Gasteiger partial charge in [0.15, 0.2) is 33.9 Å². The number of ether oxygens (including phenoxy) is 5. The smallest absolute Gasteiger partial charge is 0.192 e. The topological polar surface area (TPSA) is 97.7 Å². The van der Waals surface area contributed by atoms with Gasteiger partial charge < -0.3 is 37.6 Å². The highest BCUT2D eigenvalue weighted by Crippen LogP contribution is 2.37. The Bertz CT molecular complexity index is 1150. The molecule has 0 aliphatic heterocycles. The molecule has 0 aliphatic rings. The van der Waals surface area contributed by atoms with E-state index in [2.05, 4.69) is 139 Å². The first-order valence-corrected chi connectivity index (χ1v) is 24.4. The number of rotatable bonds is 16. The molecule has 0 saturated carbocycles. The van der Waals surface area contributed by atoms with Crippen molar-refractivity contribution in [2.24, 2.45) is 0 Å². The predicted octanol–water partition coefficient (Wildman–Crippen LogP) is 9.19. The minimum absolute atomic E-state index is 0.122. The third-order valence-corrected chi connectivity index (χ3v) is 18.7. The monoisotopic (exact) mass is 985 g/mol. The van der Waals surface area contributed by atoms with Gasteiger partial charge in [-0.25, -0.2) is 4.98 Å². The lowest BCUT2D eigenvalue weighted by Crippen LogP contribution is -2.41. The molecule has 1 N–H and O–H groups in total. The number of pyridine rings is 1. The number of methoxy groups -OCH3 is 2. The summed E-state index contributed by atoms with van der Waals surface area (Å²) in [6.07, 6.45) is 0. The third-order valence-electron chi connectivity index (χ3n) is 7.75. The van der Waals surface area contributed by atoms with E-state index in [0.29, 0.717) is 46.2 Å². The summed E-state index contributed by atoms with van der Waals surface area (Å²) in [5.41, 5.74) is 0. The molecule has 0 unspecified atom stereocenters. The molecule has 47 heavy (non-hydrogen) atoms. The molecule has 0 amide bonds. The molecule has 1 heterocycles. The zero-order chi connectivity index (χ0) is 36.3. The van der Waals surface area contributed by atoms with E-state index in [-0.39, 0.29) is 16.7 Å². The molecule has 2 aromatic rings. The summed E-state index contributed by atoms with van der Waals surface area (Å²) in [4.78, 5) is 4.29. The summed E-state index contributed by atoms with van der Waals surface area (Å²) in [6, 6.07) is 9.77. The van der Waals surface area contributed by atoms with E-state index >= 15 is 0 Å². The largest absolute Gasteiger partial charge is 0.488 e. The van der Waals surface area contributed by atoms with E-state index < -0.39 is 16.6 Å². The standard InChI is InChI=1S/C17H29IO4Si.C13H21BrINO2Si.C3H8O2/c1-17(2,3)23(5,6)22-12-11-20-15-8-7-14(18)13-16(15)21-10-9-19-4;1-13(2,3)19(4,5)18-9-8-17-10-6-7-11(15)16-12(10)14;1-5-3-2-4/h7-8,13H,9-12H2,1-6H3;6-7H,8-9H2,1-5H3;4H,2-3H2,1H3. The van der Waals surface area contributed by atoms with Crippen molar-refractivity contribution >= 4 is 77.7 Å². The molecular weight excluding hydrogens is 928 g/mol. The van der Waals surface area contributed by atoms with Crippen LogP contribution in [0, 0.1) is 7.27 Å². The van der Waals surface area contributed by atoms with Crippen LogP contribution in [0.25, 0.3) is 0 Å².